The molecule has 1 saturated heterocycles. The van der Waals surface area contributed by atoms with Crippen LogP contribution in [0.2, 0.25) is 0 Å². The maximum Gasteiger partial charge on any atom is 0.144 e. The fourth-order valence-corrected chi connectivity index (χ4v) is 1.93. The van der Waals surface area contributed by atoms with Gasteiger partial charge in [-0.1, -0.05) is 0 Å². The zero-order valence-electron chi connectivity index (χ0n) is 8.17. The first kappa shape index (κ1) is 9.59. The van der Waals surface area contributed by atoms with Crippen molar-refractivity contribution in [3.05, 3.63) is 29.8 Å². The van der Waals surface area contributed by atoms with Gasteiger partial charge in [-0.05, 0) is 50.4 Å². The van der Waals surface area contributed by atoms with Crippen LogP contribution in [-0.4, -0.2) is 18.1 Å². The first-order valence-corrected chi connectivity index (χ1v) is 5.16. The number of hydrogen-bond donors (Lipinski definition) is 1. The molecular weight excluding hydrogens is 179 g/mol. The molecule has 0 atom stereocenters. The highest BCUT2D eigenvalue weighted by atomic mass is 19.1. The predicted octanol–water partition coefficient (Wildman–Crippen LogP) is 1.76. The first-order valence-electron chi connectivity index (χ1n) is 5.16. The molecule has 2 nitrogen and oxygen atoms in total. The summed E-state index contributed by atoms with van der Waals surface area (Å²) in [4.78, 5) is 4.08. The van der Waals surface area contributed by atoms with Crippen molar-refractivity contribution in [2.24, 2.45) is 5.92 Å². The molecule has 0 aromatic carbocycles. The topological polar surface area (TPSA) is 24.9 Å². The van der Waals surface area contributed by atoms with Crippen LogP contribution in [0, 0.1) is 11.7 Å². The minimum Gasteiger partial charge on any atom is -0.317 e. The van der Waals surface area contributed by atoms with E-state index < -0.39 is 0 Å². The van der Waals surface area contributed by atoms with Gasteiger partial charge in [0.15, 0.2) is 0 Å². The summed E-state index contributed by atoms with van der Waals surface area (Å²) in [6, 6.07) is 3.13. The maximum absolute atomic E-state index is 13.3. The molecule has 0 unspecified atom stereocenters. The smallest absolute Gasteiger partial charge is 0.144 e. The van der Waals surface area contributed by atoms with Gasteiger partial charge in [0.2, 0.25) is 0 Å². The van der Waals surface area contributed by atoms with Crippen LogP contribution in [0.4, 0.5) is 4.39 Å². The lowest BCUT2D eigenvalue weighted by atomic mass is 9.93. The van der Waals surface area contributed by atoms with Crippen molar-refractivity contribution >= 4 is 0 Å². The molecule has 1 fully saturated rings. The van der Waals surface area contributed by atoms with Crippen LogP contribution >= 0.6 is 0 Å². The Morgan fingerprint density at radius 3 is 2.93 bits per heavy atom. The van der Waals surface area contributed by atoms with Crippen LogP contribution < -0.4 is 5.32 Å². The molecule has 1 aromatic rings. The van der Waals surface area contributed by atoms with Crippen molar-refractivity contribution in [2.45, 2.75) is 19.3 Å². The third-order valence-corrected chi connectivity index (χ3v) is 2.78. The van der Waals surface area contributed by atoms with Crippen molar-refractivity contribution in [1.82, 2.24) is 10.3 Å². The standard InChI is InChI=1S/C11H15FN2/c12-10-2-1-5-14-11(10)8-9-3-6-13-7-4-9/h1-2,5,9,13H,3-4,6-8H2. The van der Waals surface area contributed by atoms with Gasteiger partial charge in [0, 0.05) is 6.20 Å². The highest BCUT2D eigenvalue weighted by molar-refractivity contribution is 5.07. The predicted molar refractivity (Wildman–Crippen MR) is 53.5 cm³/mol. The lowest BCUT2D eigenvalue weighted by Gasteiger charge is -2.22. The lowest BCUT2D eigenvalue weighted by molar-refractivity contribution is 0.365. The van der Waals surface area contributed by atoms with Crippen molar-refractivity contribution in [2.75, 3.05) is 13.1 Å². The third kappa shape index (κ3) is 2.29. The molecule has 2 heterocycles. The minimum atomic E-state index is -0.161. The van der Waals surface area contributed by atoms with E-state index in [0.29, 0.717) is 11.6 Å². The zero-order chi connectivity index (χ0) is 9.80. The molecule has 14 heavy (non-hydrogen) atoms. The van der Waals surface area contributed by atoms with Crippen LogP contribution in [0.5, 0.6) is 0 Å². The molecule has 0 aliphatic carbocycles. The SMILES string of the molecule is Fc1cccnc1CC1CCNCC1. The van der Waals surface area contributed by atoms with E-state index in [1.165, 1.54) is 6.07 Å². The number of rotatable bonds is 2. The number of pyridine rings is 1. The molecule has 0 saturated carbocycles. The minimum absolute atomic E-state index is 0.161. The molecule has 2 rings (SSSR count). The van der Waals surface area contributed by atoms with Crippen molar-refractivity contribution in [3.63, 3.8) is 0 Å². The Labute approximate surface area is 83.6 Å². The summed E-state index contributed by atoms with van der Waals surface area (Å²) < 4.78 is 13.3. The first-order chi connectivity index (χ1) is 6.86. The van der Waals surface area contributed by atoms with Crippen LogP contribution in [0.3, 0.4) is 0 Å². The van der Waals surface area contributed by atoms with Gasteiger partial charge < -0.3 is 5.32 Å². The normalized spacial score (nSPS) is 18.4. The fraction of sp³-hybridized carbons (Fsp3) is 0.545. The lowest BCUT2D eigenvalue weighted by Crippen LogP contribution is -2.29. The molecular formula is C11H15FN2. The van der Waals surface area contributed by atoms with Gasteiger partial charge in [-0.15, -0.1) is 0 Å². The van der Waals surface area contributed by atoms with Gasteiger partial charge in [-0.3, -0.25) is 4.98 Å². The average Bonchev–Trinajstić information content (AvgIpc) is 2.23. The summed E-state index contributed by atoms with van der Waals surface area (Å²) >= 11 is 0. The Hall–Kier alpha value is -0.960. The van der Waals surface area contributed by atoms with Crippen LogP contribution in [0.25, 0.3) is 0 Å². The van der Waals surface area contributed by atoms with E-state index in [-0.39, 0.29) is 5.82 Å². The van der Waals surface area contributed by atoms with Gasteiger partial charge in [0.05, 0.1) is 5.69 Å². The summed E-state index contributed by atoms with van der Waals surface area (Å²) in [6.45, 7) is 2.11. The summed E-state index contributed by atoms with van der Waals surface area (Å²) in [6.07, 6.45) is 4.72. The molecule has 1 aliphatic heterocycles. The molecule has 0 bridgehead atoms. The van der Waals surface area contributed by atoms with Crippen LogP contribution in [-0.2, 0) is 6.42 Å². The fourth-order valence-electron chi connectivity index (χ4n) is 1.93. The number of aromatic nitrogens is 1. The van der Waals surface area contributed by atoms with E-state index in [0.717, 1.165) is 32.4 Å². The average molecular weight is 194 g/mol. The second-order valence-electron chi connectivity index (χ2n) is 3.83. The molecule has 0 spiro atoms. The Bertz CT molecular complexity index is 295. The number of piperidine rings is 1. The molecule has 1 aliphatic rings. The molecule has 1 aromatic heterocycles. The van der Waals surface area contributed by atoms with Crippen molar-refractivity contribution in [3.8, 4) is 0 Å². The second-order valence-corrected chi connectivity index (χ2v) is 3.83. The maximum atomic E-state index is 13.3. The van der Waals surface area contributed by atoms with Crippen LogP contribution in [0.15, 0.2) is 18.3 Å². The molecule has 0 radical (unpaired) electrons. The highest BCUT2D eigenvalue weighted by Crippen LogP contribution is 2.18. The van der Waals surface area contributed by atoms with Crippen LogP contribution in [0.1, 0.15) is 18.5 Å². The van der Waals surface area contributed by atoms with Gasteiger partial charge >= 0.3 is 0 Å². The van der Waals surface area contributed by atoms with Gasteiger partial charge in [0.1, 0.15) is 5.82 Å². The monoisotopic (exact) mass is 194 g/mol. The van der Waals surface area contributed by atoms with E-state index >= 15 is 0 Å². The quantitative estimate of drug-likeness (QED) is 0.776. The van der Waals surface area contributed by atoms with E-state index in [4.69, 9.17) is 0 Å². The third-order valence-electron chi connectivity index (χ3n) is 2.78. The Balaban J connectivity index is 1.99. The van der Waals surface area contributed by atoms with Crippen molar-refractivity contribution < 1.29 is 4.39 Å². The van der Waals surface area contributed by atoms with E-state index in [2.05, 4.69) is 10.3 Å². The summed E-state index contributed by atoms with van der Waals surface area (Å²) in [5, 5.41) is 3.30. The molecule has 0 amide bonds. The van der Waals surface area contributed by atoms with Gasteiger partial charge in [-0.2, -0.15) is 0 Å². The number of hydrogen-bond acceptors (Lipinski definition) is 2. The largest absolute Gasteiger partial charge is 0.317 e. The number of nitrogens with zero attached hydrogens (tertiary/aromatic N) is 1. The second kappa shape index (κ2) is 4.51. The number of halogens is 1. The Morgan fingerprint density at radius 2 is 2.21 bits per heavy atom. The van der Waals surface area contributed by atoms with Gasteiger partial charge in [0.25, 0.3) is 0 Å². The molecule has 3 heteroatoms. The molecule has 76 valence electrons. The Morgan fingerprint density at radius 1 is 1.43 bits per heavy atom. The highest BCUT2D eigenvalue weighted by Gasteiger charge is 2.15. The summed E-state index contributed by atoms with van der Waals surface area (Å²) in [5.74, 6) is 0.437. The van der Waals surface area contributed by atoms with Crippen molar-refractivity contribution in [1.29, 1.82) is 0 Å². The summed E-state index contributed by atoms with van der Waals surface area (Å²) in [5.41, 5.74) is 0.624. The van der Waals surface area contributed by atoms with E-state index in [1.54, 1.807) is 12.3 Å². The number of nitrogens with one attached hydrogen (secondary N) is 1. The summed E-state index contributed by atoms with van der Waals surface area (Å²) in [7, 11) is 0. The van der Waals surface area contributed by atoms with Gasteiger partial charge in [-0.25, -0.2) is 4.39 Å². The molecule has 1 N–H and O–H groups in total. The zero-order valence-corrected chi connectivity index (χ0v) is 8.17. The van der Waals surface area contributed by atoms with E-state index in [1.807, 2.05) is 0 Å². The van der Waals surface area contributed by atoms with E-state index in [9.17, 15) is 4.39 Å². The Kier molecular flexibility index (Phi) is 3.09.